The number of nitrogens with two attached hydrogens (primary N) is 1. The molecule has 0 aromatic heterocycles. The third-order valence-corrected chi connectivity index (χ3v) is 2.13. The van der Waals surface area contributed by atoms with E-state index >= 15 is 0 Å². The summed E-state index contributed by atoms with van der Waals surface area (Å²) in [5, 5.41) is 9.01. The second kappa shape index (κ2) is 8.27. The van der Waals surface area contributed by atoms with Crippen molar-refractivity contribution in [2.24, 2.45) is 5.73 Å². The van der Waals surface area contributed by atoms with Gasteiger partial charge in [0.2, 0.25) is 0 Å². The lowest BCUT2D eigenvalue weighted by atomic mass is 10.1. The van der Waals surface area contributed by atoms with E-state index < -0.39 is 11.6 Å². The lowest BCUT2D eigenvalue weighted by Crippen LogP contribution is -2.46. The Morgan fingerprint density at radius 3 is 2.12 bits per heavy atom. The number of amides is 1. The molecule has 0 fully saturated rings. The number of nitrogens with zero attached hydrogens (tertiary/aromatic N) is 1. The summed E-state index contributed by atoms with van der Waals surface area (Å²) in [5.41, 5.74) is 4.84. The number of rotatable bonds is 8. The first-order chi connectivity index (χ1) is 7.89. The van der Waals surface area contributed by atoms with Crippen molar-refractivity contribution in [3.63, 3.8) is 0 Å². The monoisotopic (exact) mass is 248 g/mol. The Bertz CT molecular complexity index is 216. The van der Waals surface area contributed by atoms with Crippen LogP contribution >= 0.6 is 0 Å². The van der Waals surface area contributed by atoms with Crippen LogP contribution in [0.15, 0.2) is 0 Å². The second-order valence-corrected chi connectivity index (χ2v) is 4.62. The van der Waals surface area contributed by atoms with Crippen LogP contribution in [0.3, 0.4) is 0 Å². The summed E-state index contributed by atoms with van der Waals surface area (Å²) in [6.45, 7) is 8.24. The van der Waals surface area contributed by atoms with Gasteiger partial charge in [-0.2, -0.15) is 0 Å². The molecule has 3 N–H and O–H groups in total. The van der Waals surface area contributed by atoms with E-state index in [1.54, 1.807) is 0 Å². The molecule has 6 heteroatoms. The summed E-state index contributed by atoms with van der Waals surface area (Å²) in [4.78, 5) is 12.3. The Hall–Kier alpha value is -0.850. The van der Waals surface area contributed by atoms with E-state index in [9.17, 15) is 4.79 Å². The van der Waals surface area contributed by atoms with E-state index in [4.69, 9.17) is 20.3 Å². The highest BCUT2D eigenvalue weighted by molar-refractivity contribution is 5.65. The van der Waals surface area contributed by atoms with E-state index in [2.05, 4.69) is 0 Å². The molecule has 0 aliphatic heterocycles. The first-order valence-corrected chi connectivity index (χ1v) is 5.75. The van der Waals surface area contributed by atoms with Crippen molar-refractivity contribution in [1.29, 1.82) is 0 Å². The van der Waals surface area contributed by atoms with Crippen LogP contribution in [0.4, 0.5) is 4.79 Å². The van der Waals surface area contributed by atoms with Crippen molar-refractivity contribution in [2.75, 3.05) is 39.5 Å². The molecule has 0 aromatic rings. The van der Waals surface area contributed by atoms with Crippen molar-refractivity contribution >= 4 is 6.09 Å². The summed E-state index contributed by atoms with van der Waals surface area (Å²) >= 11 is 0. The zero-order valence-corrected chi connectivity index (χ0v) is 10.9. The van der Waals surface area contributed by atoms with Gasteiger partial charge in [0.25, 0.3) is 0 Å². The van der Waals surface area contributed by atoms with Crippen molar-refractivity contribution in [3.05, 3.63) is 0 Å². The molecule has 0 aliphatic carbocycles. The molecule has 17 heavy (non-hydrogen) atoms. The Morgan fingerprint density at radius 1 is 1.18 bits per heavy atom. The van der Waals surface area contributed by atoms with Crippen molar-refractivity contribution in [2.45, 2.75) is 26.3 Å². The molecule has 0 heterocycles. The maximum absolute atomic E-state index is 11.0. The van der Waals surface area contributed by atoms with Gasteiger partial charge in [-0.15, -0.1) is 0 Å². The Kier molecular flexibility index (Phi) is 7.86. The highest BCUT2D eigenvalue weighted by Crippen LogP contribution is 2.12. The molecule has 0 saturated carbocycles. The van der Waals surface area contributed by atoms with Crippen LogP contribution in [0.5, 0.6) is 0 Å². The molecule has 0 saturated heterocycles. The summed E-state index contributed by atoms with van der Waals surface area (Å²) in [7, 11) is 0. The minimum atomic E-state index is -0.930. The SMILES string of the molecule is CC(C)(C)N(CCOCCOCCN)C(=O)O. The van der Waals surface area contributed by atoms with Gasteiger partial charge in [0.05, 0.1) is 26.4 Å². The molecule has 0 rings (SSSR count). The lowest BCUT2D eigenvalue weighted by molar-refractivity contribution is 0.0292. The molecular weight excluding hydrogens is 224 g/mol. The molecule has 0 atom stereocenters. The molecule has 6 nitrogen and oxygen atoms in total. The minimum Gasteiger partial charge on any atom is -0.465 e. The van der Waals surface area contributed by atoms with Crippen LogP contribution in [-0.4, -0.2) is 61.2 Å². The van der Waals surface area contributed by atoms with Crippen molar-refractivity contribution in [3.8, 4) is 0 Å². The van der Waals surface area contributed by atoms with Gasteiger partial charge in [0.15, 0.2) is 0 Å². The molecule has 0 unspecified atom stereocenters. The largest absolute Gasteiger partial charge is 0.465 e. The van der Waals surface area contributed by atoms with Crippen LogP contribution in [0.25, 0.3) is 0 Å². The average molecular weight is 248 g/mol. The third kappa shape index (κ3) is 7.95. The minimum absolute atomic E-state index is 0.357. The van der Waals surface area contributed by atoms with Crippen LogP contribution in [0.1, 0.15) is 20.8 Å². The van der Waals surface area contributed by atoms with Gasteiger partial charge in [-0.1, -0.05) is 0 Å². The van der Waals surface area contributed by atoms with Crippen LogP contribution in [0.2, 0.25) is 0 Å². The number of carboxylic acid groups (broad SMARTS) is 1. The lowest BCUT2D eigenvalue weighted by Gasteiger charge is -2.32. The summed E-state index contributed by atoms with van der Waals surface area (Å²) in [6.07, 6.45) is -0.930. The van der Waals surface area contributed by atoms with E-state index in [0.29, 0.717) is 39.5 Å². The van der Waals surface area contributed by atoms with Crippen molar-refractivity contribution < 1.29 is 19.4 Å². The van der Waals surface area contributed by atoms with Crippen LogP contribution in [-0.2, 0) is 9.47 Å². The smallest absolute Gasteiger partial charge is 0.407 e. The Morgan fingerprint density at radius 2 is 1.71 bits per heavy atom. The fraction of sp³-hybridized carbons (Fsp3) is 0.909. The topological polar surface area (TPSA) is 85.0 Å². The predicted octanol–water partition coefficient (Wildman–Crippen LogP) is 0.757. The standard InChI is InChI=1S/C11H24N2O4/c1-11(2,3)13(10(14)15)5-7-17-9-8-16-6-4-12/h4-9,12H2,1-3H3,(H,14,15). The Balaban J connectivity index is 3.67. The van der Waals surface area contributed by atoms with E-state index in [-0.39, 0.29) is 0 Å². The maximum atomic E-state index is 11.0. The Labute approximate surface area is 103 Å². The molecule has 0 radical (unpaired) electrons. The quantitative estimate of drug-likeness (QED) is 0.619. The van der Waals surface area contributed by atoms with Gasteiger partial charge < -0.3 is 25.2 Å². The van der Waals surface area contributed by atoms with E-state index in [1.807, 2.05) is 20.8 Å². The summed E-state index contributed by atoms with van der Waals surface area (Å²) in [6, 6.07) is 0. The first-order valence-electron chi connectivity index (χ1n) is 5.75. The molecule has 102 valence electrons. The molecule has 0 bridgehead atoms. The van der Waals surface area contributed by atoms with Gasteiger partial charge in [-0.05, 0) is 20.8 Å². The molecule has 0 aromatic carbocycles. The third-order valence-electron chi connectivity index (χ3n) is 2.13. The van der Waals surface area contributed by atoms with Crippen LogP contribution < -0.4 is 5.73 Å². The van der Waals surface area contributed by atoms with Gasteiger partial charge in [0, 0.05) is 18.6 Å². The first kappa shape index (κ1) is 16.1. The van der Waals surface area contributed by atoms with Gasteiger partial charge in [-0.25, -0.2) is 4.79 Å². The zero-order chi connectivity index (χ0) is 13.3. The number of hydrogen-bond acceptors (Lipinski definition) is 4. The van der Waals surface area contributed by atoms with Gasteiger partial charge in [0.1, 0.15) is 0 Å². The molecular formula is C11H24N2O4. The fourth-order valence-corrected chi connectivity index (χ4v) is 1.28. The maximum Gasteiger partial charge on any atom is 0.407 e. The molecule has 0 spiro atoms. The number of hydrogen-bond donors (Lipinski definition) is 2. The normalized spacial score (nSPS) is 11.5. The second-order valence-electron chi connectivity index (χ2n) is 4.62. The average Bonchev–Trinajstić information content (AvgIpc) is 2.19. The zero-order valence-electron chi connectivity index (χ0n) is 10.9. The van der Waals surface area contributed by atoms with E-state index in [0.717, 1.165) is 0 Å². The van der Waals surface area contributed by atoms with Gasteiger partial charge in [-0.3, -0.25) is 0 Å². The van der Waals surface area contributed by atoms with E-state index in [1.165, 1.54) is 4.90 Å². The highest BCUT2D eigenvalue weighted by atomic mass is 16.5. The van der Waals surface area contributed by atoms with Gasteiger partial charge >= 0.3 is 6.09 Å². The molecule has 0 aliphatic rings. The van der Waals surface area contributed by atoms with Crippen molar-refractivity contribution in [1.82, 2.24) is 4.90 Å². The fourth-order valence-electron chi connectivity index (χ4n) is 1.28. The summed E-state index contributed by atoms with van der Waals surface area (Å²) < 4.78 is 10.4. The molecule has 1 amide bonds. The number of ether oxygens (including phenoxy) is 2. The number of carbonyl (C=O) groups is 1. The predicted molar refractivity (Wildman–Crippen MR) is 65.2 cm³/mol. The highest BCUT2D eigenvalue weighted by Gasteiger charge is 2.25. The summed E-state index contributed by atoms with van der Waals surface area (Å²) in [5.74, 6) is 0. The van der Waals surface area contributed by atoms with Crippen LogP contribution in [0, 0.1) is 0 Å².